The van der Waals surface area contributed by atoms with Crippen LogP contribution in [0.1, 0.15) is 78.6 Å². The summed E-state index contributed by atoms with van der Waals surface area (Å²) in [7, 11) is 0. The van der Waals surface area contributed by atoms with E-state index in [1.807, 2.05) is 0 Å². The van der Waals surface area contributed by atoms with Crippen LogP contribution in [0.5, 0.6) is 0 Å². The van der Waals surface area contributed by atoms with Gasteiger partial charge in [-0.3, -0.25) is 0 Å². The third-order valence-electron chi connectivity index (χ3n) is 4.25. The van der Waals surface area contributed by atoms with Gasteiger partial charge in [0.15, 0.2) is 0 Å². The smallest absolute Gasteiger partial charge is 0.00205 e. The predicted molar refractivity (Wildman–Crippen MR) is 72.5 cm³/mol. The van der Waals surface area contributed by atoms with Crippen LogP contribution < -0.4 is 5.73 Å². The molecular formula is C15H31N. The molecule has 0 radical (unpaired) electrons. The van der Waals surface area contributed by atoms with Crippen molar-refractivity contribution in [1.82, 2.24) is 0 Å². The molecule has 0 bridgehead atoms. The first-order chi connectivity index (χ1) is 7.47. The van der Waals surface area contributed by atoms with E-state index in [0.29, 0.717) is 10.8 Å². The van der Waals surface area contributed by atoms with E-state index in [9.17, 15) is 0 Å². The van der Waals surface area contributed by atoms with E-state index in [0.717, 1.165) is 6.54 Å². The Hall–Kier alpha value is -0.0400. The first-order valence-electron chi connectivity index (χ1n) is 7.18. The molecule has 0 heterocycles. The minimum absolute atomic E-state index is 0.463. The average Bonchev–Trinajstić information content (AvgIpc) is 2.16. The highest BCUT2D eigenvalue weighted by Crippen LogP contribution is 2.40. The molecule has 1 heteroatoms. The van der Waals surface area contributed by atoms with E-state index in [4.69, 9.17) is 5.73 Å². The van der Waals surface area contributed by atoms with Crippen LogP contribution in [0.15, 0.2) is 0 Å². The van der Waals surface area contributed by atoms with Gasteiger partial charge in [-0.1, -0.05) is 52.9 Å². The molecule has 96 valence electrons. The molecule has 0 unspecified atom stereocenters. The Morgan fingerprint density at radius 1 is 0.938 bits per heavy atom. The third-order valence-corrected chi connectivity index (χ3v) is 4.25. The highest BCUT2D eigenvalue weighted by Gasteiger charge is 2.29. The van der Waals surface area contributed by atoms with Crippen LogP contribution in [-0.2, 0) is 0 Å². The molecule has 1 aliphatic rings. The van der Waals surface area contributed by atoms with Gasteiger partial charge in [0.2, 0.25) is 0 Å². The van der Waals surface area contributed by atoms with Crippen molar-refractivity contribution in [3.8, 4) is 0 Å². The second-order valence-electron chi connectivity index (χ2n) is 7.03. The Kier molecular flexibility index (Phi) is 5.30. The minimum atomic E-state index is 0.463. The highest BCUT2D eigenvalue weighted by atomic mass is 14.6. The number of nitrogens with two attached hydrogens (primary N) is 1. The summed E-state index contributed by atoms with van der Waals surface area (Å²) in [6.07, 6.45) is 12.5. The van der Waals surface area contributed by atoms with E-state index < -0.39 is 0 Å². The maximum atomic E-state index is 6.09. The number of hydrogen-bond donors (Lipinski definition) is 1. The van der Waals surface area contributed by atoms with Gasteiger partial charge in [-0.25, -0.2) is 0 Å². The van der Waals surface area contributed by atoms with Gasteiger partial charge >= 0.3 is 0 Å². The van der Waals surface area contributed by atoms with Crippen molar-refractivity contribution in [2.75, 3.05) is 6.54 Å². The molecule has 0 aromatic heterocycles. The maximum Gasteiger partial charge on any atom is -0.00205 e. The molecule has 0 spiro atoms. The third kappa shape index (κ3) is 4.86. The molecule has 1 fully saturated rings. The van der Waals surface area contributed by atoms with E-state index in [2.05, 4.69) is 20.8 Å². The molecule has 0 amide bonds. The van der Waals surface area contributed by atoms with Gasteiger partial charge in [0, 0.05) is 0 Å². The lowest BCUT2D eigenvalue weighted by Gasteiger charge is -2.36. The number of hydrogen-bond acceptors (Lipinski definition) is 1. The molecule has 2 N–H and O–H groups in total. The molecule has 0 aromatic carbocycles. The zero-order chi connectivity index (χ0) is 12.1. The molecule has 16 heavy (non-hydrogen) atoms. The lowest BCUT2D eigenvalue weighted by atomic mass is 9.70. The topological polar surface area (TPSA) is 26.0 Å². The van der Waals surface area contributed by atoms with Crippen molar-refractivity contribution >= 4 is 0 Å². The summed E-state index contributed by atoms with van der Waals surface area (Å²) in [6, 6.07) is 0. The molecule has 0 aliphatic heterocycles. The Morgan fingerprint density at radius 3 is 1.88 bits per heavy atom. The fraction of sp³-hybridized carbons (Fsp3) is 1.00. The van der Waals surface area contributed by atoms with Crippen LogP contribution in [0.4, 0.5) is 0 Å². The van der Waals surface area contributed by atoms with Gasteiger partial charge in [0.05, 0.1) is 0 Å². The summed E-state index contributed by atoms with van der Waals surface area (Å²) < 4.78 is 0. The molecule has 1 aliphatic carbocycles. The van der Waals surface area contributed by atoms with Crippen LogP contribution in [-0.4, -0.2) is 6.54 Å². The molecule has 0 atom stereocenters. The summed E-state index contributed by atoms with van der Waals surface area (Å²) in [5, 5.41) is 0. The number of rotatable bonds is 3. The van der Waals surface area contributed by atoms with E-state index >= 15 is 0 Å². The van der Waals surface area contributed by atoms with Crippen LogP contribution in [0.25, 0.3) is 0 Å². The Morgan fingerprint density at radius 2 is 1.44 bits per heavy atom. The van der Waals surface area contributed by atoms with Gasteiger partial charge in [0.1, 0.15) is 0 Å². The van der Waals surface area contributed by atoms with Crippen LogP contribution in [0.2, 0.25) is 0 Å². The van der Waals surface area contributed by atoms with Crippen molar-refractivity contribution in [3.63, 3.8) is 0 Å². The van der Waals surface area contributed by atoms with Crippen molar-refractivity contribution < 1.29 is 0 Å². The van der Waals surface area contributed by atoms with Crippen molar-refractivity contribution in [2.24, 2.45) is 16.6 Å². The first-order valence-corrected chi connectivity index (χ1v) is 7.18. The lowest BCUT2D eigenvalue weighted by Crippen LogP contribution is -2.32. The van der Waals surface area contributed by atoms with Crippen molar-refractivity contribution in [2.45, 2.75) is 78.6 Å². The standard InChI is InChI=1S/C15H31N/c1-14(2,3)11-12-15(13-16)9-7-5-4-6-8-10-15/h4-13,16H2,1-3H3. The Labute approximate surface area is 102 Å². The molecule has 0 saturated heterocycles. The van der Waals surface area contributed by atoms with Crippen molar-refractivity contribution in [3.05, 3.63) is 0 Å². The minimum Gasteiger partial charge on any atom is -0.330 e. The second kappa shape index (κ2) is 6.05. The van der Waals surface area contributed by atoms with Crippen LogP contribution in [0, 0.1) is 10.8 Å². The SMILES string of the molecule is CC(C)(C)CCC1(CN)CCCCCCC1. The molecule has 0 aromatic rings. The largest absolute Gasteiger partial charge is 0.330 e. The Balaban J connectivity index is 2.51. The highest BCUT2D eigenvalue weighted by molar-refractivity contribution is 4.83. The van der Waals surface area contributed by atoms with Gasteiger partial charge in [-0.2, -0.15) is 0 Å². The summed E-state index contributed by atoms with van der Waals surface area (Å²) in [4.78, 5) is 0. The molecule has 1 saturated carbocycles. The Bertz CT molecular complexity index is 182. The van der Waals surface area contributed by atoms with E-state index in [-0.39, 0.29) is 0 Å². The van der Waals surface area contributed by atoms with E-state index in [1.165, 1.54) is 57.8 Å². The van der Waals surface area contributed by atoms with Crippen LogP contribution in [0.3, 0.4) is 0 Å². The zero-order valence-corrected chi connectivity index (χ0v) is 11.6. The van der Waals surface area contributed by atoms with Gasteiger partial charge < -0.3 is 5.73 Å². The fourth-order valence-electron chi connectivity index (χ4n) is 2.85. The van der Waals surface area contributed by atoms with Crippen LogP contribution >= 0.6 is 0 Å². The maximum absolute atomic E-state index is 6.09. The molecule has 1 nitrogen and oxygen atoms in total. The first kappa shape index (κ1) is 14.0. The fourth-order valence-corrected chi connectivity index (χ4v) is 2.85. The summed E-state index contributed by atoms with van der Waals surface area (Å²) in [6.45, 7) is 7.95. The van der Waals surface area contributed by atoms with Gasteiger partial charge in [-0.05, 0) is 43.1 Å². The molecule has 1 rings (SSSR count). The monoisotopic (exact) mass is 225 g/mol. The normalized spacial score (nSPS) is 22.5. The quantitative estimate of drug-likeness (QED) is 0.752. The lowest BCUT2D eigenvalue weighted by molar-refractivity contribution is 0.170. The average molecular weight is 225 g/mol. The van der Waals surface area contributed by atoms with Gasteiger partial charge in [-0.15, -0.1) is 0 Å². The predicted octanol–water partition coefficient (Wildman–Crippen LogP) is 4.50. The molecular weight excluding hydrogens is 194 g/mol. The summed E-state index contributed by atoms with van der Waals surface area (Å²) in [5.74, 6) is 0. The van der Waals surface area contributed by atoms with E-state index in [1.54, 1.807) is 0 Å². The van der Waals surface area contributed by atoms with Crippen molar-refractivity contribution in [1.29, 1.82) is 0 Å². The summed E-state index contributed by atoms with van der Waals surface area (Å²) >= 11 is 0. The zero-order valence-electron chi connectivity index (χ0n) is 11.6. The van der Waals surface area contributed by atoms with Gasteiger partial charge in [0.25, 0.3) is 0 Å². The second-order valence-corrected chi connectivity index (χ2v) is 7.03. The summed E-state index contributed by atoms with van der Waals surface area (Å²) in [5.41, 5.74) is 7.03.